The van der Waals surface area contributed by atoms with Gasteiger partial charge < -0.3 is 14.8 Å². The summed E-state index contributed by atoms with van der Waals surface area (Å²) in [6.45, 7) is 1.23. The molecule has 0 aliphatic carbocycles. The second-order valence-corrected chi connectivity index (χ2v) is 4.13. The number of oxazole rings is 1. The molecule has 0 aliphatic rings. The standard InChI is InChI=1S/C12H12N2O5/c1-6(15)13-10(11(16)17)7-3-4-8-9(5-7)19-12(18)14(8)2/h3-5,10H,1-2H3,(H,13,15)(H,16,17). The maximum atomic E-state index is 11.3. The molecule has 100 valence electrons. The number of carbonyl (C=O) groups is 2. The van der Waals surface area contributed by atoms with Gasteiger partial charge in [-0.1, -0.05) is 6.07 Å². The van der Waals surface area contributed by atoms with Gasteiger partial charge in [0, 0.05) is 14.0 Å². The molecule has 1 unspecified atom stereocenters. The van der Waals surface area contributed by atoms with Gasteiger partial charge in [-0.2, -0.15) is 0 Å². The van der Waals surface area contributed by atoms with E-state index in [1.165, 1.54) is 23.6 Å². The summed E-state index contributed by atoms with van der Waals surface area (Å²) in [7, 11) is 1.55. The van der Waals surface area contributed by atoms with Crippen molar-refractivity contribution in [3.63, 3.8) is 0 Å². The molecule has 2 N–H and O–H groups in total. The van der Waals surface area contributed by atoms with Gasteiger partial charge in [-0.05, 0) is 17.7 Å². The number of nitrogens with zero attached hydrogens (tertiary/aromatic N) is 1. The van der Waals surface area contributed by atoms with E-state index in [0.29, 0.717) is 11.1 Å². The number of amides is 1. The fraction of sp³-hybridized carbons (Fsp3) is 0.250. The van der Waals surface area contributed by atoms with Gasteiger partial charge in [0.15, 0.2) is 11.6 Å². The van der Waals surface area contributed by atoms with Gasteiger partial charge >= 0.3 is 11.7 Å². The molecule has 2 aromatic rings. The van der Waals surface area contributed by atoms with Crippen LogP contribution >= 0.6 is 0 Å². The highest BCUT2D eigenvalue weighted by Gasteiger charge is 2.21. The Morgan fingerprint density at radius 1 is 1.42 bits per heavy atom. The van der Waals surface area contributed by atoms with E-state index in [-0.39, 0.29) is 5.58 Å². The number of aryl methyl sites for hydroxylation is 1. The molecule has 0 aliphatic heterocycles. The lowest BCUT2D eigenvalue weighted by Crippen LogP contribution is -2.31. The van der Waals surface area contributed by atoms with Crippen LogP contribution in [0.25, 0.3) is 11.1 Å². The zero-order valence-corrected chi connectivity index (χ0v) is 10.3. The molecule has 2 rings (SSSR count). The third-order valence-electron chi connectivity index (χ3n) is 2.74. The van der Waals surface area contributed by atoms with Crippen LogP contribution in [0.2, 0.25) is 0 Å². The lowest BCUT2D eigenvalue weighted by Gasteiger charge is -2.13. The quantitative estimate of drug-likeness (QED) is 0.835. The van der Waals surface area contributed by atoms with Crippen molar-refractivity contribution in [2.45, 2.75) is 13.0 Å². The van der Waals surface area contributed by atoms with Crippen LogP contribution in [0.3, 0.4) is 0 Å². The lowest BCUT2D eigenvalue weighted by molar-refractivity contribution is -0.141. The molecule has 0 radical (unpaired) electrons. The summed E-state index contributed by atoms with van der Waals surface area (Å²) < 4.78 is 6.29. The Labute approximate surface area is 107 Å². The van der Waals surface area contributed by atoms with Crippen LogP contribution in [0.15, 0.2) is 27.4 Å². The van der Waals surface area contributed by atoms with Crippen molar-refractivity contribution < 1.29 is 19.1 Å². The summed E-state index contributed by atoms with van der Waals surface area (Å²) in [6.07, 6.45) is 0. The van der Waals surface area contributed by atoms with E-state index in [0.717, 1.165) is 0 Å². The molecule has 7 nitrogen and oxygen atoms in total. The molecule has 1 amide bonds. The molecular weight excluding hydrogens is 252 g/mol. The van der Waals surface area contributed by atoms with Gasteiger partial charge in [-0.3, -0.25) is 9.36 Å². The van der Waals surface area contributed by atoms with E-state index in [9.17, 15) is 14.4 Å². The normalized spacial score (nSPS) is 12.3. The summed E-state index contributed by atoms with van der Waals surface area (Å²) >= 11 is 0. The molecule has 0 bridgehead atoms. The average Bonchev–Trinajstić information content (AvgIpc) is 2.61. The number of carboxylic acids is 1. The molecule has 0 saturated carbocycles. The van der Waals surface area contributed by atoms with Gasteiger partial charge in [-0.25, -0.2) is 9.59 Å². The van der Waals surface area contributed by atoms with E-state index < -0.39 is 23.7 Å². The summed E-state index contributed by atoms with van der Waals surface area (Å²) in [5, 5.41) is 11.4. The SMILES string of the molecule is CC(=O)NC(C(=O)O)c1ccc2c(c1)oc(=O)n2C. The molecule has 1 atom stereocenters. The molecule has 1 aromatic carbocycles. The van der Waals surface area contributed by atoms with Gasteiger partial charge in [0.05, 0.1) is 5.52 Å². The number of rotatable bonds is 3. The highest BCUT2D eigenvalue weighted by atomic mass is 16.4. The highest BCUT2D eigenvalue weighted by molar-refractivity contribution is 5.84. The van der Waals surface area contributed by atoms with Crippen molar-refractivity contribution in [3.05, 3.63) is 34.3 Å². The van der Waals surface area contributed by atoms with Crippen molar-refractivity contribution >= 4 is 23.0 Å². The van der Waals surface area contributed by atoms with Crippen molar-refractivity contribution in [1.82, 2.24) is 9.88 Å². The molecule has 0 spiro atoms. The zero-order valence-electron chi connectivity index (χ0n) is 10.3. The average molecular weight is 264 g/mol. The number of hydrogen-bond donors (Lipinski definition) is 2. The fourth-order valence-electron chi connectivity index (χ4n) is 1.82. The zero-order chi connectivity index (χ0) is 14.2. The number of carbonyl (C=O) groups excluding carboxylic acids is 1. The Balaban J connectivity index is 2.52. The molecule has 7 heteroatoms. The smallest absolute Gasteiger partial charge is 0.419 e. The van der Waals surface area contributed by atoms with Gasteiger partial charge in [0.25, 0.3) is 0 Å². The first kappa shape index (κ1) is 12.9. The summed E-state index contributed by atoms with van der Waals surface area (Å²) in [5.74, 6) is -2.17. The molecule has 0 fully saturated rings. The maximum absolute atomic E-state index is 11.3. The van der Waals surface area contributed by atoms with Gasteiger partial charge in [0.1, 0.15) is 0 Å². The number of nitrogens with one attached hydrogen (secondary N) is 1. The number of fused-ring (bicyclic) bond motifs is 1. The predicted octanol–water partition coefficient (Wildman–Crippen LogP) is 0.393. The number of carboxylic acid groups (broad SMARTS) is 1. The van der Waals surface area contributed by atoms with Gasteiger partial charge in [-0.15, -0.1) is 0 Å². The minimum atomic E-state index is -1.19. The van der Waals surface area contributed by atoms with Crippen LogP contribution in [-0.4, -0.2) is 21.6 Å². The predicted molar refractivity (Wildman–Crippen MR) is 65.6 cm³/mol. The number of hydrogen-bond acceptors (Lipinski definition) is 4. The van der Waals surface area contributed by atoms with Crippen LogP contribution < -0.4 is 11.1 Å². The molecule has 1 aromatic heterocycles. The molecule has 0 saturated heterocycles. The molecular formula is C12H12N2O5. The van der Waals surface area contributed by atoms with Crippen molar-refractivity contribution in [1.29, 1.82) is 0 Å². The van der Waals surface area contributed by atoms with Crippen molar-refractivity contribution in [2.24, 2.45) is 7.05 Å². The number of aliphatic carboxylic acids is 1. The summed E-state index contributed by atoms with van der Waals surface area (Å²) in [4.78, 5) is 33.5. The van der Waals surface area contributed by atoms with E-state index >= 15 is 0 Å². The third-order valence-corrected chi connectivity index (χ3v) is 2.74. The fourth-order valence-corrected chi connectivity index (χ4v) is 1.82. The second kappa shape index (κ2) is 4.60. The van der Waals surface area contributed by atoms with Crippen LogP contribution in [0.1, 0.15) is 18.5 Å². The van der Waals surface area contributed by atoms with Crippen molar-refractivity contribution in [2.75, 3.05) is 0 Å². The van der Waals surface area contributed by atoms with E-state index in [4.69, 9.17) is 9.52 Å². The Kier molecular flexibility index (Phi) is 3.12. The third kappa shape index (κ3) is 2.35. The van der Waals surface area contributed by atoms with E-state index in [1.807, 2.05) is 0 Å². The van der Waals surface area contributed by atoms with Gasteiger partial charge in [0.2, 0.25) is 5.91 Å². The largest absolute Gasteiger partial charge is 0.479 e. The monoisotopic (exact) mass is 264 g/mol. The Morgan fingerprint density at radius 3 is 2.68 bits per heavy atom. The molecule has 1 heterocycles. The van der Waals surface area contributed by atoms with Crippen molar-refractivity contribution in [3.8, 4) is 0 Å². The molecule has 19 heavy (non-hydrogen) atoms. The number of benzene rings is 1. The van der Waals surface area contributed by atoms with E-state index in [2.05, 4.69) is 5.32 Å². The Hall–Kier alpha value is -2.57. The lowest BCUT2D eigenvalue weighted by atomic mass is 10.1. The van der Waals surface area contributed by atoms with Crippen LogP contribution in [0.4, 0.5) is 0 Å². The summed E-state index contributed by atoms with van der Waals surface area (Å²) in [5.41, 5.74) is 1.17. The first-order valence-corrected chi connectivity index (χ1v) is 5.49. The Bertz CT molecular complexity index is 712. The Morgan fingerprint density at radius 2 is 2.11 bits per heavy atom. The first-order chi connectivity index (χ1) is 8.90. The maximum Gasteiger partial charge on any atom is 0.419 e. The highest BCUT2D eigenvalue weighted by Crippen LogP contribution is 2.20. The summed E-state index contributed by atoms with van der Waals surface area (Å²) in [6, 6.07) is 3.37. The first-order valence-electron chi connectivity index (χ1n) is 5.49. The van der Waals surface area contributed by atoms with E-state index in [1.54, 1.807) is 13.1 Å². The minimum absolute atomic E-state index is 0.279. The van der Waals surface area contributed by atoms with Crippen LogP contribution in [0.5, 0.6) is 0 Å². The topological polar surface area (TPSA) is 102 Å². The number of aromatic nitrogens is 1. The minimum Gasteiger partial charge on any atom is -0.479 e. The van der Waals surface area contributed by atoms with Crippen LogP contribution in [0, 0.1) is 0 Å². The second-order valence-electron chi connectivity index (χ2n) is 4.13. The van der Waals surface area contributed by atoms with Crippen LogP contribution in [-0.2, 0) is 16.6 Å².